The van der Waals surface area contributed by atoms with Crippen molar-refractivity contribution in [2.45, 2.75) is 39.7 Å². The van der Waals surface area contributed by atoms with Crippen molar-refractivity contribution in [1.29, 1.82) is 0 Å². The third-order valence-electron chi connectivity index (χ3n) is 1.72. The predicted molar refractivity (Wildman–Crippen MR) is 47.1 cm³/mol. The minimum absolute atomic E-state index is 0.110. The van der Waals surface area contributed by atoms with E-state index in [4.69, 9.17) is 9.47 Å². The Bertz CT molecular complexity index is 200. The zero-order chi connectivity index (χ0) is 10.5. The maximum Gasteiger partial charge on any atom is 0.303 e. The zero-order valence-corrected chi connectivity index (χ0v) is 8.55. The molecule has 0 rings (SSSR count). The van der Waals surface area contributed by atoms with Gasteiger partial charge in [-0.15, -0.1) is 0 Å². The van der Waals surface area contributed by atoms with E-state index in [2.05, 4.69) is 0 Å². The van der Waals surface area contributed by atoms with Gasteiger partial charge in [0.1, 0.15) is 12.2 Å². The minimum Gasteiger partial charge on any atom is -0.462 e. The van der Waals surface area contributed by atoms with Crippen LogP contribution >= 0.6 is 0 Å². The molecule has 0 aromatic heterocycles. The predicted octanol–water partition coefficient (Wildman–Crippen LogP) is 1.28. The van der Waals surface area contributed by atoms with Crippen LogP contribution in [-0.4, -0.2) is 24.1 Å². The molecule has 0 heterocycles. The second kappa shape index (κ2) is 4.84. The van der Waals surface area contributed by atoms with Crippen LogP contribution < -0.4 is 0 Å². The lowest BCUT2D eigenvalue weighted by Gasteiger charge is -2.26. The van der Waals surface area contributed by atoms with Crippen LogP contribution in [0.5, 0.6) is 0 Å². The average Bonchev–Trinajstić information content (AvgIpc) is 2.00. The molecule has 1 unspecified atom stereocenters. The molecule has 76 valence electrons. The lowest BCUT2D eigenvalue weighted by molar-refractivity contribution is -0.168. The van der Waals surface area contributed by atoms with E-state index in [0.29, 0.717) is 6.42 Å². The summed E-state index contributed by atoms with van der Waals surface area (Å²) in [6, 6.07) is 0. The number of carbonyl (C=O) groups is 2. The maximum atomic E-state index is 10.7. The van der Waals surface area contributed by atoms with Crippen molar-refractivity contribution in [2.24, 2.45) is 0 Å². The molecule has 0 bridgehead atoms. The van der Waals surface area contributed by atoms with Crippen molar-refractivity contribution in [3.8, 4) is 0 Å². The lowest BCUT2D eigenvalue weighted by Crippen LogP contribution is -2.36. The molecule has 13 heavy (non-hydrogen) atoms. The molecule has 0 aliphatic rings. The highest BCUT2D eigenvalue weighted by molar-refractivity contribution is 5.67. The van der Waals surface area contributed by atoms with Crippen LogP contribution in [0.2, 0.25) is 0 Å². The van der Waals surface area contributed by atoms with Crippen molar-refractivity contribution in [1.82, 2.24) is 0 Å². The molecule has 4 nitrogen and oxygen atoms in total. The first kappa shape index (κ1) is 11.9. The topological polar surface area (TPSA) is 52.6 Å². The number of hydrogen-bond acceptors (Lipinski definition) is 4. The maximum absolute atomic E-state index is 10.7. The summed E-state index contributed by atoms with van der Waals surface area (Å²) in [7, 11) is 0. The molecule has 0 aliphatic carbocycles. The highest BCUT2D eigenvalue weighted by atomic mass is 16.6. The van der Waals surface area contributed by atoms with E-state index in [1.807, 2.05) is 6.92 Å². The Labute approximate surface area is 78.2 Å². The van der Waals surface area contributed by atoms with E-state index in [-0.39, 0.29) is 18.5 Å². The summed E-state index contributed by atoms with van der Waals surface area (Å²) in [6.07, 6.45) is 0.611. The Kier molecular flexibility index (Phi) is 4.45. The van der Waals surface area contributed by atoms with Gasteiger partial charge >= 0.3 is 11.9 Å². The molecule has 0 fully saturated rings. The van der Waals surface area contributed by atoms with Crippen molar-refractivity contribution >= 4 is 11.9 Å². The molecular formula is C9H16O4. The van der Waals surface area contributed by atoms with E-state index < -0.39 is 5.60 Å². The van der Waals surface area contributed by atoms with Gasteiger partial charge in [0.15, 0.2) is 0 Å². The molecule has 0 amide bonds. The highest BCUT2D eigenvalue weighted by Crippen LogP contribution is 2.15. The Morgan fingerprint density at radius 2 is 1.77 bits per heavy atom. The Morgan fingerprint density at radius 3 is 2.08 bits per heavy atom. The first-order valence-corrected chi connectivity index (χ1v) is 4.22. The van der Waals surface area contributed by atoms with Gasteiger partial charge in [-0.25, -0.2) is 0 Å². The van der Waals surface area contributed by atoms with E-state index in [0.717, 1.165) is 0 Å². The molecule has 0 saturated carbocycles. The average molecular weight is 188 g/mol. The quantitative estimate of drug-likeness (QED) is 0.623. The molecule has 0 N–H and O–H groups in total. The summed E-state index contributed by atoms with van der Waals surface area (Å²) in [5.74, 6) is -0.733. The molecule has 0 radical (unpaired) electrons. The number of rotatable bonds is 4. The fourth-order valence-corrected chi connectivity index (χ4v) is 0.805. The minimum atomic E-state index is -0.697. The smallest absolute Gasteiger partial charge is 0.303 e. The molecule has 0 aromatic carbocycles. The molecule has 4 heteroatoms. The summed E-state index contributed by atoms with van der Waals surface area (Å²) in [5, 5.41) is 0. The lowest BCUT2D eigenvalue weighted by atomic mass is 10.1. The standard InChI is InChI=1S/C9H16O4/c1-5-9(4,13-8(3)11)6-12-7(2)10/h5-6H2,1-4H3. The SMILES string of the molecule is CCC(C)(COC(C)=O)OC(C)=O. The van der Waals surface area contributed by atoms with Gasteiger partial charge in [0.2, 0.25) is 0 Å². The van der Waals surface area contributed by atoms with Gasteiger partial charge in [-0.05, 0) is 13.3 Å². The van der Waals surface area contributed by atoms with Gasteiger partial charge in [-0.3, -0.25) is 9.59 Å². The fraction of sp³-hybridized carbons (Fsp3) is 0.778. The molecule has 0 saturated heterocycles. The van der Waals surface area contributed by atoms with Crippen LogP contribution in [0.1, 0.15) is 34.1 Å². The van der Waals surface area contributed by atoms with Crippen molar-refractivity contribution in [2.75, 3.05) is 6.61 Å². The van der Waals surface area contributed by atoms with Gasteiger partial charge in [0.05, 0.1) is 0 Å². The molecular weight excluding hydrogens is 172 g/mol. The van der Waals surface area contributed by atoms with E-state index in [1.165, 1.54) is 13.8 Å². The van der Waals surface area contributed by atoms with Crippen LogP contribution in [0.4, 0.5) is 0 Å². The van der Waals surface area contributed by atoms with Crippen LogP contribution in [0, 0.1) is 0 Å². The first-order valence-electron chi connectivity index (χ1n) is 4.22. The van der Waals surface area contributed by atoms with Crippen molar-refractivity contribution in [3.05, 3.63) is 0 Å². The Balaban J connectivity index is 4.10. The summed E-state index contributed by atoms with van der Waals surface area (Å²) < 4.78 is 9.80. The van der Waals surface area contributed by atoms with Gasteiger partial charge in [-0.1, -0.05) is 6.92 Å². The normalized spacial score (nSPS) is 14.5. The van der Waals surface area contributed by atoms with E-state index >= 15 is 0 Å². The zero-order valence-electron chi connectivity index (χ0n) is 8.55. The monoisotopic (exact) mass is 188 g/mol. The largest absolute Gasteiger partial charge is 0.462 e. The third-order valence-corrected chi connectivity index (χ3v) is 1.72. The first-order chi connectivity index (χ1) is 5.89. The fourth-order valence-electron chi connectivity index (χ4n) is 0.805. The van der Waals surface area contributed by atoms with Gasteiger partial charge in [-0.2, -0.15) is 0 Å². The third kappa shape index (κ3) is 5.22. The molecule has 0 aliphatic heterocycles. The van der Waals surface area contributed by atoms with E-state index in [1.54, 1.807) is 6.92 Å². The van der Waals surface area contributed by atoms with Crippen LogP contribution in [0.15, 0.2) is 0 Å². The van der Waals surface area contributed by atoms with Crippen LogP contribution in [0.25, 0.3) is 0 Å². The van der Waals surface area contributed by atoms with Crippen molar-refractivity contribution in [3.63, 3.8) is 0 Å². The highest BCUT2D eigenvalue weighted by Gasteiger charge is 2.26. The van der Waals surface area contributed by atoms with Gasteiger partial charge in [0, 0.05) is 13.8 Å². The second-order valence-electron chi connectivity index (χ2n) is 3.18. The molecule has 1 atom stereocenters. The van der Waals surface area contributed by atoms with Gasteiger partial charge in [0.25, 0.3) is 0 Å². The number of esters is 2. The second-order valence-corrected chi connectivity index (χ2v) is 3.18. The summed E-state index contributed by atoms with van der Waals surface area (Å²) in [4.78, 5) is 21.2. The number of carbonyl (C=O) groups excluding carboxylic acids is 2. The van der Waals surface area contributed by atoms with Crippen LogP contribution in [-0.2, 0) is 19.1 Å². The van der Waals surface area contributed by atoms with E-state index in [9.17, 15) is 9.59 Å². The Hall–Kier alpha value is -1.06. The summed E-state index contributed by atoms with van der Waals surface area (Å²) in [5.41, 5.74) is -0.697. The number of ether oxygens (including phenoxy) is 2. The summed E-state index contributed by atoms with van der Waals surface area (Å²) in [6.45, 7) is 6.37. The number of hydrogen-bond donors (Lipinski definition) is 0. The van der Waals surface area contributed by atoms with Gasteiger partial charge < -0.3 is 9.47 Å². The summed E-state index contributed by atoms with van der Waals surface area (Å²) >= 11 is 0. The van der Waals surface area contributed by atoms with Crippen molar-refractivity contribution < 1.29 is 19.1 Å². The molecule has 0 aromatic rings. The molecule has 0 spiro atoms. The van der Waals surface area contributed by atoms with Crippen LogP contribution in [0.3, 0.4) is 0 Å². The Morgan fingerprint density at radius 1 is 1.23 bits per heavy atom.